The van der Waals surface area contributed by atoms with Gasteiger partial charge < -0.3 is 9.30 Å². The maximum absolute atomic E-state index is 12.2. The summed E-state index contributed by atoms with van der Waals surface area (Å²) in [6.45, 7) is 2.68. The molecule has 2 rings (SSSR count). The Bertz CT molecular complexity index is 546. The van der Waals surface area contributed by atoms with Crippen molar-refractivity contribution in [1.29, 1.82) is 0 Å². The first-order chi connectivity index (χ1) is 9.36. The van der Waals surface area contributed by atoms with Gasteiger partial charge in [0, 0.05) is 18.4 Å². The van der Waals surface area contributed by atoms with Gasteiger partial charge in [0.1, 0.15) is 0 Å². The minimum absolute atomic E-state index is 0.125. The van der Waals surface area contributed by atoms with Crippen LogP contribution in [0.2, 0.25) is 0 Å². The molecule has 20 heavy (non-hydrogen) atoms. The van der Waals surface area contributed by atoms with Crippen LogP contribution in [0.15, 0.2) is 6.20 Å². The summed E-state index contributed by atoms with van der Waals surface area (Å²) in [7, 11) is 0. The highest BCUT2D eigenvalue weighted by Gasteiger charge is 2.37. The topological polar surface area (TPSA) is 48.3 Å². The number of hydrogen-bond donors (Lipinski definition) is 0. The Balaban J connectivity index is 2.53. The summed E-state index contributed by atoms with van der Waals surface area (Å²) in [5, 5.41) is 0. The summed E-state index contributed by atoms with van der Waals surface area (Å²) in [6.07, 6.45) is 4.25. The zero-order valence-corrected chi connectivity index (χ0v) is 13.2. The molecular weight excluding hydrogens is 325 g/mol. The smallest absolute Gasteiger partial charge is 0.340 e. The predicted octanol–water partition coefficient (Wildman–Crippen LogP) is 3.55. The zero-order valence-electron chi connectivity index (χ0n) is 10.9. The number of carbonyl (C=O) groups is 2. The highest BCUT2D eigenvalue weighted by Crippen LogP contribution is 2.34. The highest BCUT2D eigenvalue weighted by molar-refractivity contribution is 6.77. The molecule has 0 fully saturated rings. The number of ketones is 1. The van der Waals surface area contributed by atoms with E-state index in [9.17, 15) is 9.59 Å². The molecule has 1 aromatic rings. The molecule has 4 nitrogen and oxygen atoms in total. The van der Waals surface area contributed by atoms with Crippen LogP contribution in [0.3, 0.4) is 0 Å². The lowest BCUT2D eigenvalue weighted by Crippen LogP contribution is -2.22. The molecule has 0 amide bonds. The normalized spacial score (nSPS) is 14.8. The van der Waals surface area contributed by atoms with Crippen LogP contribution in [0.4, 0.5) is 0 Å². The first-order valence-electron chi connectivity index (χ1n) is 6.37. The van der Waals surface area contributed by atoms with Crippen LogP contribution in [-0.4, -0.2) is 26.7 Å². The number of carbonyl (C=O) groups excluding carboxylic acids is 2. The van der Waals surface area contributed by atoms with Crippen molar-refractivity contribution in [1.82, 2.24) is 4.57 Å². The van der Waals surface area contributed by atoms with Crippen LogP contribution in [0.25, 0.3) is 0 Å². The molecule has 0 N–H and O–H groups in total. The third kappa shape index (κ3) is 2.97. The molecular formula is C13H14Cl3NO3. The Labute approximate surface area is 131 Å². The minimum atomic E-state index is -2.08. The molecule has 7 heteroatoms. The molecule has 0 radical (unpaired) electrons. The number of nitrogens with zero attached hydrogens (tertiary/aromatic N) is 1. The largest absolute Gasteiger partial charge is 0.462 e. The number of Topliss-reactive ketones (excluding diaryl/α,β-unsaturated/α-hetero) is 1. The zero-order chi connectivity index (χ0) is 14.9. The Morgan fingerprint density at radius 1 is 1.35 bits per heavy atom. The molecule has 0 saturated carbocycles. The number of fused-ring (bicyclic) bond motifs is 1. The Kier molecular flexibility index (Phi) is 4.67. The van der Waals surface area contributed by atoms with E-state index in [1.807, 2.05) is 4.57 Å². The molecule has 0 bridgehead atoms. The molecule has 0 unspecified atom stereocenters. The van der Waals surface area contributed by atoms with Crippen molar-refractivity contribution in [2.24, 2.45) is 0 Å². The fourth-order valence-corrected chi connectivity index (χ4v) is 2.70. The third-order valence-electron chi connectivity index (χ3n) is 3.23. The summed E-state index contributed by atoms with van der Waals surface area (Å²) in [6, 6.07) is 0. The van der Waals surface area contributed by atoms with Crippen LogP contribution >= 0.6 is 34.8 Å². The highest BCUT2D eigenvalue weighted by atomic mass is 35.6. The average Bonchev–Trinajstić information content (AvgIpc) is 2.76. The van der Waals surface area contributed by atoms with Crippen molar-refractivity contribution >= 4 is 46.6 Å². The Hall–Kier alpha value is -0.710. The van der Waals surface area contributed by atoms with E-state index >= 15 is 0 Å². The lowest BCUT2D eigenvalue weighted by atomic mass is 10.0. The number of aryl methyl sites for hydroxylation is 1. The number of alkyl halides is 3. The van der Waals surface area contributed by atoms with Crippen LogP contribution in [0.1, 0.15) is 46.2 Å². The second-order valence-corrected chi connectivity index (χ2v) is 6.84. The van der Waals surface area contributed by atoms with Gasteiger partial charge in [0.2, 0.25) is 5.78 Å². The van der Waals surface area contributed by atoms with Gasteiger partial charge in [-0.05, 0) is 26.2 Å². The Morgan fingerprint density at radius 3 is 2.65 bits per heavy atom. The number of esters is 1. The van der Waals surface area contributed by atoms with E-state index in [0.29, 0.717) is 6.42 Å². The fourth-order valence-electron chi connectivity index (χ4n) is 2.40. The molecule has 1 aliphatic heterocycles. The van der Waals surface area contributed by atoms with E-state index < -0.39 is 15.5 Å². The monoisotopic (exact) mass is 337 g/mol. The first kappa shape index (κ1) is 15.7. The van der Waals surface area contributed by atoms with Gasteiger partial charge in [0.05, 0.1) is 17.7 Å². The number of ether oxygens (including phenoxy) is 1. The minimum Gasteiger partial charge on any atom is -0.462 e. The molecule has 110 valence electrons. The standard InChI is InChI=1S/C13H14Cl3NO3/c1-2-20-12(19)10-8(11(18)13(14,15)16)7-17-6-4-3-5-9(10)17/h7H,2-6H2,1H3. The van der Waals surface area contributed by atoms with Crippen molar-refractivity contribution in [2.45, 2.75) is 36.5 Å². The summed E-state index contributed by atoms with van der Waals surface area (Å²) < 4.78 is 4.81. The third-order valence-corrected chi connectivity index (χ3v) is 3.75. The lowest BCUT2D eigenvalue weighted by molar-refractivity contribution is 0.0521. The van der Waals surface area contributed by atoms with Gasteiger partial charge in [0.25, 0.3) is 3.79 Å². The van der Waals surface area contributed by atoms with Gasteiger partial charge in [-0.15, -0.1) is 0 Å². The van der Waals surface area contributed by atoms with Gasteiger partial charge in [-0.25, -0.2) is 4.79 Å². The number of halogens is 3. The second kappa shape index (κ2) is 5.96. The SMILES string of the molecule is CCOC(=O)c1c(C(=O)C(Cl)(Cl)Cl)cn2c1CCCC2. The van der Waals surface area contributed by atoms with Crippen molar-refractivity contribution in [2.75, 3.05) is 6.61 Å². The maximum Gasteiger partial charge on any atom is 0.340 e. The van der Waals surface area contributed by atoms with Gasteiger partial charge in [-0.2, -0.15) is 0 Å². The molecule has 0 aromatic carbocycles. The van der Waals surface area contributed by atoms with E-state index in [0.717, 1.165) is 25.1 Å². The Morgan fingerprint density at radius 2 is 2.05 bits per heavy atom. The van der Waals surface area contributed by atoms with E-state index in [-0.39, 0.29) is 17.7 Å². The fraction of sp³-hybridized carbons (Fsp3) is 0.538. The van der Waals surface area contributed by atoms with Crippen molar-refractivity contribution in [3.8, 4) is 0 Å². The van der Waals surface area contributed by atoms with E-state index in [1.165, 1.54) is 0 Å². The van der Waals surface area contributed by atoms with E-state index in [1.54, 1.807) is 13.1 Å². The predicted molar refractivity (Wildman–Crippen MR) is 77.9 cm³/mol. The molecule has 2 heterocycles. The van der Waals surface area contributed by atoms with Gasteiger partial charge in [-0.3, -0.25) is 4.79 Å². The van der Waals surface area contributed by atoms with Crippen molar-refractivity contribution < 1.29 is 14.3 Å². The van der Waals surface area contributed by atoms with E-state index in [4.69, 9.17) is 39.5 Å². The van der Waals surface area contributed by atoms with Crippen molar-refractivity contribution in [3.63, 3.8) is 0 Å². The van der Waals surface area contributed by atoms with Crippen LogP contribution in [0.5, 0.6) is 0 Å². The molecule has 0 saturated heterocycles. The molecule has 0 aliphatic carbocycles. The second-order valence-electron chi connectivity index (χ2n) is 4.56. The summed E-state index contributed by atoms with van der Waals surface area (Å²) in [5.74, 6) is -1.24. The number of rotatable bonds is 3. The van der Waals surface area contributed by atoms with Gasteiger partial charge in [0.15, 0.2) is 0 Å². The number of aromatic nitrogens is 1. The number of hydrogen-bond acceptors (Lipinski definition) is 3. The maximum atomic E-state index is 12.2. The quantitative estimate of drug-likeness (QED) is 0.481. The van der Waals surface area contributed by atoms with Gasteiger partial charge in [-0.1, -0.05) is 34.8 Å². The van der Waals surface area contributed by atoms with Gasteiger partial charge >= 0.3 is 5.97 Å². The van der Waals surface area contributed by atoms with Crippen LogP contribution in [-0.2, 0) is 17.7 Å². The van der Waals surface area contributed by atoms with E-state index in [2.05, 4.69) is 0 Å². The average molecular weight is 339 g/mol. The molecule has 1 aromatic heterocycles. The van der Waals surface area contributed by atoms with Crippen LogP contribution < -0.4 is 0 Å². The summed E-state index contributed by atoms with van der Waals surface area (Å²) in [5.41, 5.74) is 1.15. The van der Waals surface area contributed by atoms with Crippen molar-refractivity contribution in [3.05, 3.63) is 23.0 Å². The first-order valence-corrected chi connectivity index (χ1v) is 7.50. The molecule has 0 spiro atoms. The molecule has 0 atom stereocenters. The lowest BCUT2D eigenvalue weighted by Gasteiger charge is -2.16. The molecule has 1 aliphatic rings. The summed E-state index contributed by atoms with van der Waals surface area (Å²) >= 11 is 17.0. The van der Waals surface area contributed by atoms with Crippen LogP contribution in [0, 0.1) is 0 Å². The summed E-state index contributed by atoms with van der Waals surface area (Å²) in [4.78, 5) is 24.3.